The lowest BCUT2D eigenvalue weighted by molar-refractivity contribution is -0.144. The molecule has 0 radical (unpaired) electrons. The van der Waals surface area contributed by atoms with Crippen LogP contribution in [-0.4, -0.2) is 66.1 Å². The lowest BCUT2D eigenvalue weighted by atomic mass is 9.71. The highest BCUT2D eigenvalue weighted by Crippen LogP contribution is 2.50. The van der Waals surface area contributed by atoms with Gasteiger partial charge in [0, 0.05) is 43.9 Å². The first-order valence-corrected chi connectivity index (χ1v) is 12.8. The van der Waals surface area contributed by atoms with Gasteiger partial charge in [-0.1, -0.05) is 30.8 Å². The van der Waals surface area contributed by atoms with E-state index in [9.17, 15) is 13.2 Å². The van der Waals surface area contributed by atoms with E-state index in [1.807, 2.05) is 4.90 Å². The monoisotopic (exact) mass is 422 g/mol. The molecule has 9 heteroatoms. The normalized spacial score (nSPS) is 27.6. The molecule has 2 saturated heterocycles. The second kappa shape index (κ2) is 7.04. The molecular formula is C20H30N4O4S. The van der Waals surface area contributed by atoms with Crippen molar-refractivity contribution in [2.45, 2.75) is 63.2 Å². The third-order valence-corrected chi connectivity index (χ3v) is 8.61. The van der Waals surface area contributed by atoms with Crippen LogP contribution < -0.4 is 0 Å². The summed E-state index contributed by atoms with van der Waals surface area (Å²) in [5.41, 5.74) is -0.306. The van der Waals surface area contributed by atoms with E-state index in [4.69, 9.17) is 4.52 Å². The molecule has 8 nitrogen and oxygen atoms in total. The molecule has 0 bridgehead atoms. The van der Waals surface area contributed by atoms with Crippen LogP contribution in [0.3, 0.4) is 0 Å². The summed E-state index contributed by atoms with van der Waals surface area (Å²) < 4.78 is 31.5. The Bertz CT molecular complexity index is 882. The van der Waals surface area contributed by atoms with E-state index in [-0.39, 0.29) is 17.2 Å². The van der Waals surface area contributed by atoms with Crippen LogP contribution in [-0.2, 0) is 14.8 Å². The SMILES string of the molecule is CS(=O)(=O)N1CC(c2nc(C3CC3)no2)C2(CN(C(=O)CCC3CCCC3)C2)C1. The first kappa shape index (κ1) is 19.5. The highest BCUT2D eigenvalue weighted by Gasteiger charge is 2.59. The average Bonchev–Trinajstić information content (AvgIpc) is 3.08. The third kappa shape index (κ3) is 3.71. The molecule has 0 aromatic carbocycles. The van der Waals surface area contributed by atoms with Gasteiger partial charge >= 0.3 is 0 Å². The molecule has 4 aliphatic rings. The highest BCUT2D eigenvalue weighted by molar-refractivity contribution is 7.88. The fourth-order valence-corrected chi connectivity index (χ4v) is 6.32. The molecule has 1 atom stereocenters. The molecule has 29 heavy (non-hydrogen) atoms. The predicted octanol–water partition coefficient (Wildman–Crippen LogP) is 2.10. The Hall–Kier alpha value is -1.48. The largest absolute Gasteiger partial charge is 0.341 e. The summed E-state index contributed by atoms with van der Waals surface area (Å²) in [5.74, 6) is 2.44. The first-order chi connectivity index (χ1) is 13.8. The zero-order chi connectivity index (χ0) is 20.2. The van der Waals surface area contributed by atoms with Crippen LogP contribution in [0.2, 0.25) is 0 Å². The van der Waals surface area contributed by atoms with Gasteiger partial charge in [-0.15, -0.1) is 0 Å². The number of amides is 1. The van der Waals surface area contributed by atoms with Crippen LogP contribution in [0.15, 0.2) is 4.52 Å². The summed E-state index contributed by atoms with van der Waals surface area (Å²) in [6.45, 7) is 1.93. The predicted molar refractivity (Wildman–Crippen MR) is 106 cm³/mol. The minimum absolute atomic E-state index is 0.142. The van der Waals surface area contributed by atoms with Crippen molar-refractivity contribution < 1.29 is 17.7 Å². The summed E-state index contributed by atoms with van der Waals surface area (Å²) in [7, 11) is -3.31. The van der Waals surface area contributed by atoms with Crippen LogP contribution in [0, 0.1) is 11.3 Å². The van der Waals surface area contributed by atoms with Gasteiger partial charge in [-0.3, -0.25) is 4.79 Å². The summed E-state index contributed by atoms with van der Waals surface area (Å²) in [5, 5.41) is 4.13. The van der Waals surface area contributed by atoms with Gasteiger partial charge in [0.2, 0.25) is 21.8 Å². The van der Waals surface area contributed by atoms with Gasteiger partial charge < -0.3 is 9.42 Å². The van der Waals surface area contributed by atoms with Gasteiger partial charge in [0.1, 0.15) is 0 Å². The van der Waals surface area contributed by atoms with Crippen LogP contribution in [0.5, 0.6) is 0 Å². The topological polar surface area (TPSA) is 96.6 Å². The second-order valence-corrected chi connectivity index (χ2v) is 11.7. The maximum Gasteiger partial charge on any atom is 0.231 e. The van der Waals surface area contributed by atoms with E-state index in [2.05, 4.69) is 10.1 Å². The van der Waals surface area contributed by atoms with Gasteiger partial charge in [-0.2, -0.15) is 4.98 Å². The molecule has 1 amide bonds. The van der Waals surface area contributed by atoms with Gasteiger partial charge in [-0.25, -0.2) is 12.7 Å². The third-order valence-electron chi connectivity index (χ3n) is 7.39. The van der Waals surface area contributed by atoms with E-state index < -0.39 is 10.0 Å². The minimum Gasteiger partial charge on any atom is -0.341 e. The smallest absolute Gasteiger partial charge is 0.231 e. The zero-order valence-corrected chi connectivity index (χ0v) is 17.9. The number of rotatable bonds is 6. The van der Waals surface area contributed by atoms with Crippen molar-refractivity contribution >= 4 is 15.9 Å². The first-order valence-electron chi connectivity index (χ1n) is 10.9. The summed E-state index contributed by atoms with van der Waals surface area (Å²) in [6.07, 6.45) is 10.1. The Morgan fingerprint density at radius 1 is 1.17 bits per heavy atom. The number of nitrogens with zero attached hydrogens (tertiary/aromatic N) is 4. The van der Waals surface area contributed by atoms with Crippen LogP contribution in [0.1, 0.15) is 74.9 Å². The Labute approximate surface area is 172 Å². The van der Waals surface area contributed by atoms with Crippen molar-refractivity contribution in [3.05, 3.63) is 11.7 Å². The van der Waals surface area contributed by atoms with Gasteiger partial charge in [0.25, 0.3) is 0 Å². The molecule has 4 fully saturated rings. The molecule has 5 rings (SSSR count). The molecule has 160 valence electrons. The fraction of sp³-hybridized carbons (Fsp3) is 0.850. The van der Waals surface area contributed by atoms with Crippen molar-refractivity contribution in [1.82, 2.24) is 19.3 Å². The maximum atomic E-state index is 12.7. The van der Waals surface area contributed by atoms with E-state index in [0.717, 1.165) is 25.1 Å². The minimum atomic E-state index is -3.31. The summed E-state index contributed by atoms with van der Waals surface area (Å²) in [4.78, 5) is 19.2. The number of sulfonamides is 1. The van der Waals surface area contributed by atoms with Crippen LogP contribution in [0.4, 0.5) is 0 Å². The Morgan fingerprint density at radius 2 is 1.90 bits per heavy atom. The molecule has 2 aliphatic heterocycles. The molecular weight excluding hydrogens is 392 g/mol. The molecule has 1 spiro atoms. The zero-order valence-electron chi connectivity index (χ0n) is 17.0. The molecule has 0 N–H and O–H groups in total. The standard InChI is InChI=1S/C20H30N4O4S/c1-29(26,27)24-10-16(19-21-18(22-28-19)15-7-8-15)20(13-24)11-23(12-20)17(25)9-6-14-4-2-3-5-14/h14-16H,2-13H2,1H3. The van der Waals surface area contributed by atoms with Gasteiger partial charge in [0.15, 0.2) is 5.82 Å². The maximum absolute atomic E-state index is 12.7. The molecule has 2 saturated carbocycles. The lowest BCUT2D eigenvalue weighted by Crippen LogP contribution is -2.61. The molecule has 3 heterocycles. The van der Waals surface area contributed by atoms with E-state index >= 15 is 0 Å². The number of hydrogen-bond donors (Lipinski definition) is 0. The van der Waals surface area contributed by atoms with Gasteiger partial charge in [0.05, 0.1) is 12.2 Å². The number of carbonyl (C=O) groups excluding carboxylic acids is 1. The number of hydrogen-bond acceptors (Lipinski definition) is 6. The molecule has 2 aliphatic carbocycles. The highest BCUT2D eigenvalue weighted by atomic mass is 32.2. The van der Waals surface area contributed by atoms with E-state index in [1.165, 1.54) is 36.2 Å². The summed E-state index contributed by atoms with van der Waals surface area (Å²) in [6, 6.07) is 0. The van der Waals surface area contributed by atoms with Crippen molar-refractivity contribution in [2.24, 2.45) is 11.3 Å². The Kier molecular flexibility index (Phi) is 4.73. The number of carbonyl (C=O) groups is 1. The fourth-order valence-electron chi connectivity index (χ4n) is 5.41. The van der Waals surface area contributed by atoms with Crippen LogP contribution in [0.25, 0.3) is 0 Å². The van der Waals surface area contributed by atoms with Crippen molar-refractivity contribution in [2.75, 3.05) is 32.4 Å². The quantitative estimate of drug-likeness (QED) is 0.697. The Morgan fingerprint density at radius 3 is 2.55 bits per heavy atom. The lowest BCUT2D eigenvalue weighted by Gasteiger charge is -2.50. The van der Waals surface area contributed by atoms with Crippen LogP contribution >= 0.6 is 0 Å². The molecule has 1 aromatic rings. The molecule has 1 aromatic heterocycles. The number of aromatic nitrogens is 2. The average molecular weight is 423 g/mol. The van der Waals surface area contributed by atoms with E-state index in [0.29, 0.717) is 50.3 Å². The van der Waals surface area contributed by atoms with Crippen molar-refractivity contribution in [1.29, 1.82) is 0 Å². The van der Waals surface area contributed by atoms with Gasteiger partial charge in [-0.05, 0) is 25.2 Å². The van der Waals surface area contributed by atoms with E-state index in [1.54, 1.807) is 0 Å². The second-order valence-electron chi connectivity index (χ2n) is 9.67. The van der Waals surface area contributed by atoms with Crippen molar-refractivity contribution in [3.8, 4) is 0 Å². The summed E-state index contributed by atoms with van der Waals surface area (Å²) >= 11 is 0. The number of likely N-dealkylation sites (tertiary alicyclic amines) is 1. The Balaban J connectivity index is 1.28. The molecule has 1 unspecified atom stereocenters. The van der Waals surface area contributed by atoms with Crippen molar-refractivity contribution in [3.63, 3.8) is 0 Å².